The Balaban J connectivity index is 4.30. The minimum absolute atomic E-state index is 0.0896. The van der Waals surface area contributed by atoms with Gasteiger partial charge in [0.2, 0.25) is 0 Å². The van der Waals surface area contributed by atoms with E-state index < -0.39 is 6.10 Å². The van der Waals surface area contributed by atoms with E-state index in [0.29, 0.717) is 19.3 Å². The van der Waals surface area contributed by atoms with Crippen LogP contribution >= 0.6 is 0 Å². The number of hydrogen-bond donors (Lipinski definition) is 0. The summed E-state index contributed by atoms with van der Waals surface area (Å²) in [5.74, 6) is -0.912. The number of carbonyl (C=O) groups is 3. The highest BCUT2D eigenvalue weighted by Gasteiger charge is 2.19. The molecule has 6 nitrogen and oxygen atoms in total. The normalized spacial score (nSPS) is 12.9. The molecule has 1 unspecified atom stereocenters. The molecule has 79 heavy (non-hydrogen) atoms. The van der Waals surface area contributed by atoms with E-state index in [4.69, 9.17) is 14.2 Å². The number of rotatable bonds is 59. The van der Waals surface area contributed by atoms with Gasteiger partial charge in [-0.25, -0.2) is 0 Å². The summed E-state index contributed by atoms with van der Waals surface area (Å²) in [5.41, 5.74) is 0. The highest BCUT2D eigenvalue weighted by atomic mass is 16.6. The number of esters is 3. The van der Waals surface area contributed by atoms with Crippen molar-refractivity contribution in [2.75, 3.05) is 13.2 Å². The minimum Gasteiger partial charge on any atom is -0.462 e. The molecule has 0 N–H and O–H groups in total. The summed E-state index contributed by atoms with van der Waals surface area (Å²) in [7, 11) is 0. The van der Waals surface area contributed by atoms with Crippen LogP contribution in [0.2, 0.25) is 0 Å². The van der Waals surface area contributed by atoms with Crippen LogP contribution in [0.4, 0.5) is 0 Å². The van der Waals surface area contributed by atoms with E-state index in [0.717, 1.165) is 148 Å². The second-order valence-electron chi connectivity index (χ2n) is 21.6. The Morgan fingerprint density at radius 2 is 0.519 bits per heavy atom. The van der Waals surface area contributed by atoms with Crippen LogP contribution in [0.15, 0.2) is 122 Å². The fraction of sp³-hybridized carbons (Fsp3) is 0.685. The zero-order valence-electron chi connectivity index (χ0n) is 51.6. The smallest absolute Gasteiger partial charge is 0.306 e. The largest absolute Gasteiger partial charge is 0.462 e. The Morgan fingerprint density at radius 3 is 0.823 bits per heavy atom. The molecule has 0 aliphatic carbocycles. The lowest BCUT2D eigenvalue weighted by Gasteiger charge is -2.18. The first-order chi connectivity index (χ1) is 39.0. The molecule has 0 bridgehead atoms. The molecule has 0 heterocycles. The minimum atomic E-state index is -0.795. The van der Waals surface area contributed by atoms with Crippen LogP contribution in [0.5, 0.6) is 0 Å². The van der Waals surface area contributed by atoms with Crippen LogP contribution < -0.4 is 0 Å². The second kappa shape index (κ2) is 66.3. The van der Waals surface area contributed by atoms with Crippen molar-refractivity contribution in [3.8, 4) is 0 Å². The number of unbranched alkanes of at least 4 members (excludes halogenated alkanes) is 28. The molecule has 0 saturated carbocycles. The summed E-state index contributed by atoms with van der Waals surface area (Å²) < 4.78 is 16.9. The summed E-state index contributed by atoms with van der Waals surface area (Å²) in [5, 5.41) is 0. The van der Waals surface area contributed by atoms with E-state index in [1.165, 1.54) is 116 Å². The first kappa shape index (κ1) is 74.8. The number of hydrogen-bond acceptors (Lipinski definition) is 6. The van der Waals surface area contributed by atoms with E-state index in [1.807, 2.05) is 0 Å². The Kier molecular flexibility index (Phi) is 62.8. The molecule has 0 aliphatic heterocycles. The second-order valence-corrected chi connectivity index (χ2v) is 21.6. The molecule has 0 aliphatic rings. The molecule has 0 rings (SSSR count). The Morgan fingerprint density at radius 1 is 0.266 bits per heavy atom. The van der Waals surface area contributed by atoms with Gasteiger partial charge in [0.05, 0.1) is 0 Å². The topological polar surface area (TPSA) is 78.9 Å². The first-order valence-electron chi connectivity index (χ1n) is 33.0. The molecular formula is C73H122O6. The summed E-state index contributed by atoms with van der Waals surface area (Å²) in [6, 6.07) is 0. The van der Waals surface area contributed by atoms with Gasteiger partial charge < -0.3 is 14.2 Å². The third kappa shape index (κ3) is 64.5. The van der Waals surface area contributed by atoms with E-state index in [2.05, 4.69) is 142 Å². The van der Waals surface area contributed by atoms with Crippen LogP contribution in [-0.2, 0) is 28.6 Å². The van der Waals surface area contributed by atoms with Crippen molar-refractivity contribution in [1.82, 2.24) is 0 Å². The predicted octanol–water partition coefficient (Wildman–Crippen LogP) is 22.8. The Hall–Kier alpha value is -4.19. The van der Waals surface area contributed by atoms with Gasteiger partial charge in [-0.1, -0.05) is 277 Å². The van der Waals surface area contributed by atoms with Crippen LogP contribution in [0, 0.1) is 0 Å². The maximum atomic E-state index is 12.9. The van der Waals surface area contributed by atoms with Crippen LogP contribution in [0.1, 0.15) is 303 Å². The van der Waals surface area contributed by atoms with Gasteiger partial charge in [0.15, 0.2) is 6.10 Å². The van der Waals surface area contributed by atoms with Crippen molar-refractivity contribution >= 4 is 17.9 Å². The molecule has 1 atom stereocenters. The van der Waals surface area contributed by atoms with Crippen molar-refractivity contribution in [3.63, 3.8) is 0 Å². The SMILES string of the molecule is CC/C=C\C/C=C\C/C=C\C/C=C\C/C=C\CCCCCCCCCCCCCCCC(=O)OCC(COC(=O)CCCCCCC/C=C\C/C=C\CCC)OC(=O)CCCCCCCC/C=C\C/C=C\C/C=C\CCCCC. The van der Waals surface area contributed by atoms with Crippen LogP contribution in [0.25, 0.3) is 0 Å². The Labute approximate surface area is 488 Å². The Bertz CT molecular complexity index is 1640. The summed E-state index contributed by atoms with van der Waals surface area (Å²) >= 11 is 0. The lowest BCUT2D eigenvalue weighted by molar-refractivity contribution is -0.167. The zero-order chi connectivity index (χ0) is 57.1. The van der Waals surface area contributed by atoms with Gasteiger partial charge in [0, 0.05) is 19.3 Å². The molecular weight excluding hydrogens is 973 g/mol. The molecule has 6 heteroatoms. The highest BCUT2D eigenvalue weighted by Crippen LogP contribution is 2.16. The summed E-state index contributed by atoms with van der Waals surface area (Å²) in [4.78, 5) is 38.3. The van der Waals surface area contributed by atoms with Crippen LogP contribution in [-0.4, -0.2) is 37.2 Å². The van der Waals surface area contributed by atoms with Crippen molar-refractivity contribution in [2.45, 2.75) is 309 Å². The number of carbonyl (C=O) groups excluding carboxylic acids is 3. The molecule has 0 fully saturated rings. The standard InChI is InChI=1S/C73H122O6/c1-4-7-10-13-16-19-22-25-27-29-31-32-33-34-35-36-37-38-39-40-42-43-45-48-51-54-57-60-63-66-72(75)78-69-70(68-77-71(74)65-62-59-56-53-50-47-24-21-18-15-12-9-6-3)79-73(76)67-64-61-58-55-52-49-46-44-41-30-28-26-23-20-17-14-11-8-5-2/h7,10,12,15-17,19-21,24-28,31-32,34-35,41,44,70H,4-6,8-9,11,13-14,18,22-23,29-30,33,36-40,42-43,45-69H2,1-3H3/b10-7-,15-12-,19-16-,20-17-,24-21-,27-25-,28-26-,32-31-,35-34-,44-41-. The summed E-state index contributed by atoms with van der Waals surface area (Å²) in [6.07, 6.45) is 92.1. The van der Waals surface area contributed by atoms with Crippen molar-refractivity contribution < 1.29 is 28.6 Å². The average molecular weight is 1100 g/mol. The van der Waals surface area contributed by atoms with Gasteiger partial charge in [-0.15, -0.1) is 0 Å². The zero-order valence-corrected chi connectivity index (χ0v) is 51.6. The molecule has 0 aromatic heterocycles. The highest BCUT2D eigenvalue weighted by molar-refractivity contribution is 5.71. The maximum Gasteiger partial charge on any atom is 0.306 e. The third-order valence-corrected chi connectivity index (χ3v) is 13.9. The fourth-order valence-electron chi connectivity index (χ4n) is 8.99. The summed E-state index contributed by atoms with van der Waals surface area (Å²) in [6.45, 7) is 6.43. The van der Waals surface area contributed by atoms with Gasteiger partial charge in [-0.3, -0.25) is 14.4 Å². The van der Waals surface area contributed by atoms with Gasteiger partial charge in [0.25, 0.3) is 0 Å². The number of allylic oxidation sites excluding steroid dienone is 20. The lowest BCUT2D eigenvalue weighted by Crippen LogP contribution is -2.30. The van der Waals surface area contributed by atoms with Gasteiger partial charge in [0.1, 0.15) is 13.2 Å². The number of ether oxygens (including phenoxy) is 3. The maximum absolute atomic E-state index is 12.9. The third-order valence-electron chi connectivity index (χ3n) is 13.9. The van der Waals surface area contributed by atoms with Crippen molar-refractivity contribution in [2.24, 2.45) is 0 Å². The lowest BCUT2D eigenvalue weighted by atomic mass is 10.0. The van der Waals surface area contributed by atoms with Crippen LogP contribution in [0.3, 0.4) is 0 Å². The van der Waals surface area contributed by atoms with E-state index in [-0.39, 0.29) is 31.1 Å². The molecule has 0 spiro atoms. The fourth-order valence-corrected chi connectivity index (χ4v) is 8.99. The van der Waals surface area contributed by atoms with E-state index in [1.54, 1.807) is 0 Å². The van der Waals surface area contributed by atoms with Gasteiger partial charge >= 0.3 is 17.9 Å². The first-order valence-corrected chi connectivity index (χ1v) is 33.0. The van der Waals surface area contributed by atoms with E-state index in [9.17, 15) is 14.4 Å². The molecule has 0 aromatic rings. The predicted molar refractivity (Wildman–Crippen MR) is 343 cm³/mol. The van der Waals surface area contributed by atoms with Gasteiger partial charge in [-0.2, -0.15) is 0 Å². The van der Waals surface area contributed by atoms with E-state index >= 15 is 0 Å². The monoisotopic (exact) mass is 1090 g/mol. The molecule has 0 amide bonds. The molecule has 0 saturated heterocycles. The molecule has 0 aromatic carbocycles. The van der Waals surface area contributed by atoms with Crippen molar-refractivity contribution in [3.05, 3.63) is 122 Å². The average Bonchev–Trinajstić information content (AvgIpc) is 3.45. The quantitative estimate of drug-likeness (QED) is 0.0261. The molecule has 0 radical (unpaired) electrons. The van der Waals surface area contributed by atoms with Gasteiger partial charge in [-0.05, 0) is 128 Å². The van der Waals surface area contributed by atoms with Crippen molar-refractivity contribution in [1.29, 1.82) is 0 Å². The molecule has 450 valence electrons.